The van der Waals surface area contributed by atoms with Gasteiger partial charge in [-0.25, -0.2) is 4.79 Å². The van der Waals surface area contributed by atoms with E-state index in [1.807, 2.05) is 10.6 Å². The summed E-state index contributed by atoms with van der Waals surface area (Å²) in [7, 11) is 0. The van der Waals surface area contributed by atoms with Crippen LogP contribution in [0.25, 0.3) is 0 Å². The van der Waals surface area contributed by atoms with E-state index in [-0.39, 0.29) is 25.3 Å². The molecule has 22 heteroatoms. The standard InChI is InChI=1S/C22H35N9O13/c23-7-13(32)28-9(2-1-3-26-22(24)25)18(40)27-8-14(33)29-10(4-15(34)35)19(41)30-11(5-16(36)37)20(42)31-12(21(43)44)6-17(38)39/h9-12H,1-8,23H2,(H,27,40)(H,28,32)(H,29,33)(H,30,41)(H,31,42)(H,34,35)(H,36,37)(H,38,39)(H,43,44)(H4,24,25,26)/t9-,10-,11-,12-/m1/s1. The third-order valence-electron chi connectivity index (χ3n) is 5.24. The second kappa shape index (κ2) is 19.6. The monoisotopic (exact) mass is 633 g/mol. The second-order valence-corrected chi connectivity index (χ2v) is 8.87. The molecule has 0 saturated carbocycles. The van der Waals surface area contributed by atoms with Crippen molar-refractivity contribution in [3.63, 3.8) is 0 Å². The molecular formula is C22H35N9O13. The smallest absolute Gasteiger partial charge is 0.326 e. The Morgan fingerprint density at radius 2 is 1.07 bits per heavy atom. The lowest BCUT2D eigenvalue weighted by Gasteiger charge is -2.23. The van der Waals surface area contributed by atoms with Crippen LogP contribution in [0.3, 0.4) is 0 Å². The van der Waals surface area contributed by atoms with Crippen molar-refractivity contribution >= 4 is 59.4 Å². The molecule has 4 atom stereocenters. The Morgan fingerprint density at radius 1 is 0.614 bits per heavy atom. The summed E-state index contributed by atoms with van der Waals surface area (Å²) < 4.78 is 0. The number of nitrogens with zero attached hydrogens (tertiary/aromatic N) is 1. The number of hydrogen-bond acceptors (Lipinski definition) is 11. The van der Waals surface area contributed by atoms with Gasteiger partial charge in [0.05, 0.1) is 32.4 Å². The molecule has 0 aliphatic rings. The Labute approximate surface area is 248 Å². The molecule has 15 N–H and O–H groups in total. The number of nitrogens with two attached hydrogens (primary N) is 3. The van der Waals surface area contributed by atoms with Gasteiger partial charge in [0, 0.05) is 6.54 Å². The lowest BCUT2D eigenvalue weighted by molar-refractivity contribution is -0.148. The number of aliphatic imine (C=N–C) groups is 1. The van der Waals surface area contributed by atoms with Gasteiger partial charge in [-0.3, -0.25) is 43.3 Å². The van der Waals surface area contributed by atoms with E-state index in [1.165, 1.54) is 0 Å². The van der Waals surface area contributed by atoms with Crippen molar-refractivity contribution in [2.24, 2.45) is 22.2 Å². The number of guanidine groups is 1. The predicted molar refractivity (Wildman–Crippen MR) is 144 cm³/mol. The van der Waals surface area contributed by atoms with E-state index < -0.39 is 110 Å². The number of nitrogens with one attached hydrogen (secondary N) is 5. The fraction of sp³-hybridized carbons (Fsp3) is 0.545. The van der Waals surface area contributed by atoms with Crippen LogP contribution in [0.15, 0.2) is 4.99 Å². The first kappa shape index (κ1) is 38.5. The zero-order valence-corrected chi connectivity index (χ0v) is 23.1. The van der Waals surface area contributed by atoms with Gasteiger partial charge in [-0.05, 0) is 12.8 Å². The Balaban J connectivity index is 5.55. The lowest BCUT2D eigenvalue weighted by Crippen LogP contribution is -2.57. The highest BCUT2D eigenvalue weighted by atomic mass is 16.4. The Hall–Kier alpha value is -5.54. The first-order valence-corrected chi connectivity index (χ1v) is 12.6. The third-order valence-corrected chi connectivity index (χ3v) is 5.24. The van der Waals surface area contributed by atoms with Gasteiger partial charge in [-0.2, -0.15) is 0 Å². The molecule has 0 aromatic rings. The third kappa shape index (κ3) is 16.7. The zero-order chi connectivity index (χ0) is 34.0. The maximum Gasteiger partial charge on any atom is 0.326 e. The highest BCUT2D eigenvalue weighted by molar-refractivity contribution is 5.97. The molecule has 0 radical (unpaired) electrons. The predicted octanol–water partition coefficient (Wildman–Crippen LogP) is -6.44. The van der Waals surface area contributed by atoms with E-state index in [0.29, 0.717) is 0 Å². The summed E-state index contributed by atoms with van der Waals surface area (Å²) in [6.07, 6.45) is -3.07. The Kier molecular flexibility index (Phi) is 17.1. The minimum absolute atomic E-state index is 0.0161. The molecule has 0 heterocycles. The summed E-state index contributed by atoms with van der Waals surface area (Å²) in [6, 6.07) is -7.13. The summed E-state index contributed by atoms with van der Waals surface area (Å²) in [5.41, 5.74) is 15.7. The minimum atomic E-state index is -2.02. The van der Waals surface area contributed by atoms with Crippen LogP contribution in [0.2, 0.25) is 0 Å². The van der Waals surface area contributed by atoms with Gasteiger partial charge < -0.3 is 64.2 Å². The van der Waals surface area contributed by atoms with Gasteiger partial charge in [0.2, 0.25) is 29.5 Å². The molecule has 44 heavy (non-hydrogen) atoms. The van der Waals surface area contributed by atoms with Crippen LogP contribution in [0.5, 0.6) is 0 Å². The maximum absolute atomic E-state index is 12.8. The number of carboxylic acids is 4. The van der Waals surface area contributed by atoms with Crippen molar-refractivity contribution in [3.05, 3.63) is 0 Å². The van der Waals surface area contributed by atoms with Crippen LogP contribution in [0, 0.1) is 0 Å². The number of amides is 5. The summed E-state index contributed by atoms with van der Waals surface area (Å²) in [6.45, 7) is -1.18. The first-order chi connectivity index (χ1) is 20.5. The molecule has 0 aromatic heterocycles. The van der Waals surface area contributed by atoms with Crippen LogP contribution in [0.4, 0.5) is 0 Å². The van der Waals surface area contributed by atoms with Crippen LogP contribution in [-0.2, 0) is 43.2 Å². The highest BCUT2D eigenvalue weighted by Gasteiger charge is 2.32. The fourth-order valence-corrected chi connectivity index (χ4v) is 3.25. The van der Waals surface area contributed by atoms with Crippen LogP contribution < -0.4 is 43.8 Å². The van der Waals surface area contributed by atoms with E-state index >= 15 is 0 Å². The van der Waals surface area contributed by atoms with E-state index in [1.54, 1.807) is 5.32 Å². The van der Waals surface area contributed by atoms with E-state index in [4.69, 9.17) is 37.6 Å². The molecule has 0 spiro atoms. The van der Waals surface area contributed by atoms with Crippen molar-refractivity contribution in [2.75, 3.05) is 19.6 Å². The van der Waals surface area contributed by atoms with Crippen LogP contribution >= 0.6 is 0 Å². The molecule has 0 rings (SSSR count). The van der Waals surface area contributed by atoms with Gasteiger partial charge in [0.15, 0.2) is 5.96 Å². The molecule has 0 aromatic carbocycles. The summed E-state index contributed by atoms with van der Waals surface area (Å²) >= 11 is 0. The van der Waals surface area contributed by atoms with Crippen molar-refractivity contribution in [2.45, 2.75) is 56.3 Å². The molecular weight excluding hydrogens is 598 g/mol. The average Bonchev–Trinajstić information content (AvgIpc) is 2.90. The van der Waals surface area contributed by atoms with Gasteiger partial charge in [-0.15, -0.1) is 0 Å². The highest BCUT2D eigenvalue weighted by Crippen LogP contribution is 2.02. The number of hydrogen-bond donors (Lipinski definition) is 12. The summed E-state index contributed by atoms with van der Waals surface area (Å²) in [5.74, 6) is -12.4. The molecule has 246 valence electrons. The van der Waals surface area contributed by atoms with Gasteiger partial charge in [-0.1, -0.05) is 0 Å². The van der Waals surface area contributed by atoms with Crippen molar-refractivity contribution in [3.8, 4) is 0 Å². The second-order valence-electron chi connectivity index (χ2n) is 8.87. The molecule has 22 nitrogen and oxygen atoms in total. The number of carbonyl (C=O) groups excluding carboxylic acids is 5. The molecule has 0 fully saturated rings. The molecule has 0 aliphatic carbocycles. The minimum Gasteiger partial charge on any atom is -0.481 e. The summed E-state index contributed by atoms with van der Waals surface area (Å²) in [4.78, 5) is 110. The lowest BCUT2D eigenvalue weighted by atomic mass is 10.1. The van der Waals surface area contributed by atoms with Gasteiger partial charge >= 0.3 is 23.9 Å². The van der Waals surface area contributed by atoms with Crippen molar-refractivity contribution in [1.82, 2.24) is 26.6 Å². The largest absolute Gasteiger partial charge is 0.481 e. The van der Waals surface area contributed by atoms with Crippen molar-refractivity contribution in [1.29, 1.82) is 0 Å². The van der Waals surface area contributed by atoms with E-state index in [9.17, 15) is 43.2 Å². The van der Waals surface area contributed by atoms with Crippen molar-refractivity contribution < 1.29 is 63.6 Å². The summed E-state index contributed by atoms with van der Waals surface area (Å²) in [5, 5.41) is 46.3. The molecule has 0 aliphatic heterocycles. The van der Waals surface area contributed by atoms with E-state index in [2.05, 4.69) is 15.6 Å². The number of rotatable bonds is 21. The SMILES string of the molecule is NCC(=O)N[C@H](CCCN=C(N)N)C(=O)NCC(=O)N[C@H](CC(=O)O)C(=O)N[C@H](CC(=O)O)C(=O)N[C@H](CC(=O)O)C(=O)O. The quantitative estimate of drug-likeness (QED) is 0.0317. The Bertz CT molecular complexity index is 1140. The zero-order valence-electron chi connectivity index (χ0n) is 23.1. The molecule has 0 saturated heterocycles. The number of aliphatic carboxylic acids is 4. The molecule has 0 bridgehead atoms. The fourth-order valence-electron chi connectivity index (χ4n) is 3.25. The Morgan fingerprint density at radius 3 is 1.52 bits per heavy atom. The van der Waals surface area contributed by atoms with Gasteiger partial charge in [0.1, 0.15) is 24.2 Å². The molecule has 0 unspecified atom stereocenters. The average molecular weight is 634 g/mol. The topological polar surface area (TPSA) is 385 Å². The number of carboxylic acid groups (broad SMARTS) is 4. The van der Waals surface area contributed by atoms with E-state index in [0.717, 1.165) is 0 Å². The number of carbonyl (C=O) groups is 9. The van der Waals surface area contributed by atoms with Crippen LogP contribution in [-0.4, -0.2) is 124 Å². The first-order valence-electron chi connectivity index (χ1n) is 12.6. The maximum atomic E-state index is 12.8. The molecule has 5 amide bonds. The van der Waals surface area contributed by atoms with Gasteiger partial charge in [0.25, 0.3) is 0 Å². The normalized spacial score (nSPS) is 13.0. The van der Waals surface area contributed by atoms with Crippen LogP contribution in [0.1, 0.15) is 32.1 Å².